The second-order valence-electron chi connectivity index (χ2n) is 5.06. The van der Waals surface area contributed by atoms with Crippen LogP contribution in [0.2, 0.25) is 0 Å². The Morgan fingerprint density at radius 3 is 2.65 bits per heavy atom. The van der Waals surface area contributed by atoms with Crippen LogP contribution in [0.4, 0.5) is 0 Å². The van der Waals surface area contributed by atoms with Crippen molar-refractivity contribution < 1.29 is 13.7 Å². The number of rotatable bonds is 4. The Kier molecular flexibility index (Phi) is 5.31. The highest BCUT2D eigenvalue weighted by Gasteiger charge is 2.31. The van der Waals surface area contributed by atoms with E-state index < -0.39 is 16.8 Å². The molecule has 3 atom stereocenters. The molecule has 0 saturated carbocycles. The van der Waals surface area contributed by atoms with Gasteiger partial charge in [0.25, 0.3) is 0 Å². The van der Waals surface area contributed by atoms with Gasteiger partial charge in [0.15, 0.2) is 0 Å². The predicted octanol–water partition coefficient (Wildman–Crippen LogP) is 1.57. The van der Waals surface area contributed by atoms with Crippen LogP contribution >= 0.6 is 0 Å². The number of ether oxygens (including phenoxy) is 1. The van der Waals surface area contributed by atoms with Crippen molar-refractivity contribution in [3.8, 4) is 0 Å². The number of benzene rings is 1. The van der Waals surface area contributed by atoms with Gasteiger partial charge in [0, 0.05) is 28.3 Å². The summed E-state index contributed by atoms with van der Waals surface area (Å²) in [5.41, 5.74) is 2.38. The van der Waals surface area contributed by atoms with Crippen molar-refractivity contribution in [2.24, 2.45) is 0 Å². The molecule has 0 aromatic heterocycles. The topological polar surface area (TPSA) is 55.4 Å². The van der Waals surface area contributed by atoms with Gasteiger partial charge in [0.1, 0.15) is 6.04 Å². The summed E-state index contributed by atoms with van der Waals surface area (Å²) in [5, 5.41) is 3.23. The maximum absolute atomic E-state index is 11.9. The molecule has 3 unspecified atom stereocenters. The van der Waals surface area contributed by atoms with Gasteiger partial charge in [-0.2, -0.15) is 0 Å². The Hall–Kier alpha value is -1.20. The van der Waals surface area contributed by atoms with E-state index in [2.05, 4.69) is 36.5 Å². The van der Waals surface area contributed by atoms with Gasteiger partial charge in [-0.1, -0.05) is 37.6 Å². The summed E-state index contributed by atoms with van der Waals surface area (Å²) in [6, 6.07) is 7.79. The Labute approximate surface area is 122 Å². The summed E-state index contributed by atoms with van der Waals surface area (Å²) in [4.78, 5) is 11.6. The van der Waals surface area contributed by atoms with Crippen LogP contribution in [0.5, 0.6) is 0 Å². The van der Waals surface area contributed by atoms with E-state index in [0.717, 1.165) is 18.4 Å². The van der Waals surface area contributed by atoms with E-state index in [1.165, 1.54) is 12.7 Å². The van der Waals surface area contributed by atoms with Crippen molar-refractivity contribution in [2.45, 2.75) is 31.8 Å². The summed E-state index contributed by atoms with van der Waals surface area (Å²) in [6.07, 6.45) is 2.19. The van der Waals surface area contributed by atoms with E-state index >= 15 is 0 Å². The van der Waals surface area contributed by atoms with Crippen molar-refractivity contribution in [3.63, 3.8) is 0 Å². The summed E-state index contributed by atoms with van der Waals surface area (Å²) in [5.74, 6) is 0.531. The van der Waals surface area contributed by atoms with Crippen LogP contribution < -0.4 is 5.32 Å². The first-order valence-corrected chi connectivity index (χ1v) is 8.40. The average Bonchev–Trinajstić information content (AvgIpc) is 2.47. The maximum Gasteiger partial charge on any atom is 0.323 e. The van der Waals surface area contributed by atoms with Crippen molar-refractivity contribution in [2.75, 3.05) is 18.6 Å². The van der Waals surface area contributed by atoms with Crippen LogP contribution in [0.1, 0.15) is 30.5 Å². The van der Waals surface area contributed by atoms with Crippen LogP contribution in [-0.4, -0.2) is 34.8 Å². The number of carbonyl (C=O) groups excluding carboxylic acids is 1. The summed E-state index contributed by atoms with van der Waals surface area (Å²) in [7, 11) is 0.362. The van der Waals surface area contributed by atoms with E-state index in [1.54, 1.807) is 0 Å². The molecule has 1 fully saturated rings. The molecule has 110 valence electrons. The van der Waals surface area contributed by atoms with Crippen molar-refractivity contribution in [1.29, 1.82) is 0 Å². The number of esters is 1. The molecule has 1 aromatic carbocycles. The Morgan fingerprint density at radius 2 is 2.05 bits per heavy atom. The summed E-state index contributed by atoms with van der Waals surface area (Å²) < 4.78 is 16.6. The Morgan fingerprint density at radius 1 is 1.35 bits per heavy atom. The molecule has 20 heavy (non-hydrogen) atoms. The first kappa shape index (κ1) is 15.2. The van der Waals surface area contributed by atoms with Gasteiger partial charge in [-0.25, -0.2) is 0 Å². The lowest BCUT2D eigenvalue weighted by molar-refractivity contribution is -0.142. The van der Waals surface area contributed by atoms with E-state index in [0.29, 0.717) is 11.5 Å². The molecule has 0 radical (unpaired) electrons. The number of nitrogens with one attached hydrogen (secondary N) is 1. The first-order valence-electron chi connectivity index (χ1n) is 6.91. The highest BCUT2D eigenvalue weighted by atomic mass is 32.2. The van der Waals surface area contributed by atoms with E-state index in [1.807, 2.05) is 0 Å². The highest BCUT2D eigenvalue weighted by molar-refractivity contribution is 7.85. The lowest BCUT2D eigenvalue weighted by Gasteiger charge is -2.29. The first-order chi connectivity index (χ1) is 9.63. The molecule has 1 N–H and O–H groups in total. The second-order valence-corrected chi connectivity index (χ2v) is 6.61. The zero-order valence-corrected chi connectivity index (χ0v) is 12.7. The number of methoxy groups -OCH3 is 1. The molecule has 1 heterocycles. The molecule has 1 saturated heterocycles. The molecule has 1 aliphatic rings. The number of aryl methyl sites for hydroxylation is 1. The SMILES string of the molecule is CCCc1ccc(C2CS(=O)CC(C(=O)OC)N2)cc1. The van der Waals surface area contributed by atoms with Gasteiger partial charge in [0.05, 0.1) is 7.11 Å². The molecule has 0 amide bonds. The Bertz CT molecular complexity index is 486. The maximum atomic E-state index is 11.9. The zero-order chi connectivity index (χ0) is 14.5. The van der Waals surface area contributed by atoms with Crippen LogP contribution in [0.3, 0.4) is 0 Å². The van der Waals surface area contributed by atoms with Gasteiger partial charge in [-0.3, -0.25) is 14.3 Å². The van der Waals surface area contributed by atoms with Crippen LogP contribution in [0.15, 0.2) is 24.3 Å². The quantitative estimate of drug-likeness (QED) is 0.857. The fourth-order valence-corrected chi connectivity index (χ4v) is 3.86. The lowest BCUT2D eigenvalue weighted by Crippen LogP contribution is -2.49. The molecular formula is C15H21NO3S. The number of hydrogen-bond donors (Lipinski definition) is 1. The minimum absolute atomic E-state index is 0.0515. The van der Waals surface area contributed by atoms with Crippen molar-refractivity contribution in [3.05, 3.63) is 35.4 Å². The molecule has 1 aromatic rings. The lowest BCUT2D eigenvalue weighted by atomic mass is 10.0. The van der Waals surface area contributed by atoms with E-state index in [4.69, 9.17) is 4.74 Å². The average molecular weight is 295 g/mol. The van der Waals surface area contributed by atoms with Gasteiger partial charge < -0.3 is 4.74 Å². The third kappa shape index (κ3) is 3.67. The van der Waals surface area contributed by atoms with Gasteiger partial charge in [-0.05, 0) is 17.5 Å². The van der Waals surface area contributed by atoms with Crippen LogP contribution in [0, 0.1) is 0 Å². The van der Waals surface area contributed by atoms with Crippen molar-refractivity contribution in [1.82, 2.24) is 5.32 Å². The molecule has 2 rings (SSSR count). The second kappa shape index (κ2) is 6.99. The molecule has 5 heteroatoms. The molecular weight excluding hydrogens is 274 g/mol. The van der Waals surface area contributed by atoms with Gasteiger partial charge in [0.2, 0.25) is 0 Å². The number of hydrogen-bond acceptors (Lipinski definition) is 4. The third-order valence-corrected chi connectivity index (χ3v) is 4.92. The van der Waals surface area contributed by atoms with Crippen molar-refractivity contribution >= 4 is 16.8 Å². The fourth-order valence-electron chi connectivity index (χ4n) is 2.45. The molecule has 1 aliphatic heterocycles. The largest absolute Gasteiger partial charge is 0.468 e. The Balaban J connectivity index is 2.10. The van der Waals surface area contributed by atoms with Crippen LogP contribution in [-0.2, 0) is 26.8 Å². The van der Waals surface area contributed by atoms with E-state index in [9.17, 15) is 9.00 Å². The predicted molar refractivity (Wildman–Crippen MR) is 80.0 cm³/mol. The molecule has 0 spiro atoms. The van der Waals surface area contributed by atoms with Gasteiger partial charge >= 0.3 is 5.97 Å². The highest BCUT2D eigenvalue weighted by Crippen LogP contribution is 2.20. The normalized spacial score (nSPS) is 26.2. The smallest absolute Gasteiger partial charge is 0.323 e. The monoisotopic (exact) mass is 295 g/mol. The molecule has 0 bridgehead atoms. The molecule has 4 nitrogen and oxygen atoms in total. The zero-order valence-electron chi connectivity index (χ0n) is 11.9. The summed E-state index contributed by atoms with van der Waals surface area (Å²) in [6.45, 7) is 2.15. The summed E-state index contributed by atoms with van der Waals surface area (Å²) >= 11 is 0. The minimum atomic E-state index is -0.995. The van der Waals surface area contributed by atoms with Crippen LogP contribution in [0.25, 0.3) is 0 Å². The fraction of sp³-hybridized carbons (Fsp3) is 0.533. The van der Waals surface area contributed by atoms with Gasteiger partial charge in [-0.15, -0.1) is 0 Å². The molecule has 0 aliphatic carbocycles. The standard InChI is InChI=1S/C15H21NO3S/c1-3-4-11-5-7-12(8-6-11)13-9-20(18)10-14(16-13)15(17)19-2/h5-8,13-14,16H,3-4,9-10H2,1-2H3. The third-order valence-electron chi connectivity index (χ3n) is 3.51. The number of carbonyl (C=O) groups is 1. The minimum Gasteiger partial charge on any atom is -0.468 e. The van der Waals surface area contributed by atoms with E-state index in [-0.39, 0.29) is 12.0 Å².